The van der Waals surface area contributed by atoms with Crippen LogP contribution in [0.1, 0.15) is 24.2 Å². The molecule has 0 bridgehead atoms. The number of rotatable bonds is 6. The van der Waals surface area contributed by atoms with Gasteiger partial charge in [-0.2, -0.15) is 0 Å². The van der Waals surface area contributed by atoms with Crippen molar-refractivity contribution < 1.29 is 19.4 Å². The molecule has 0 aliphatic heterocycles. The van der Waals surface area contributed by atoms with Crippen molar-refractivity contribution in [2.45, 2.75) is 26.5 Å². The number of carbonyl (C=O) groups excluding carboxylic acids is 1. The third-order valence-corrected chi connectivity index (χ3v) is 4.05. The average molecular weight is 380 g/mol. The first-order chi connectivity index (χ1) is 13.3. The maximum absolute atomic E-state index is 12.6. The quantitative estimate of drug-likeness (QED) is 0.685. The Labute approximate surface area is 161 Å². The summed E-state index contributed by atoms with van der Waals surface area (Å²) in [6.07, 6.45) is 1.60. The highest BCUT2D eigenvalue weighted by atomic mass is 16.5. The molecule has 0 fully saturated rings. The zero-order valence-electron chi connectivity index (χ0n) is 15.5. The van der Waals surface area contributed by atoms with Gasteiger partial charge in [-0.25, -0.2) is 4.79 Å². The number of ether oxygens (including phenoxy) is 1. The smallest absolute Gasteiger partial charge is 0.335 e. The summed E-state index contributed by atoms with van der Waals surface area (Å²) in [5, 5.41) is 12.8. The molecular formula is C21H20N2O5. The summed E-state index contributed by atoms with van der Waals surface area (Å²) in [4.78, 5) is 35.8. The molecule has 0 aliphatic carbocycles. The number of hydrogen-bond donors (Lipinski definition) is 2. The van der Waals surface area contributed by atoms with Crippen molar-refractivity contribution in [1.29, 1.82) is 0 Å². The van der Waals surface area contributed by atoms with Crippen molar-refractivity contribution in [3.8, 4) is 5.75 Å². The predicted molar refractivity (Wildman–Crippen MR) is 106 cm³/mol. The number of pyridine rings is 1. The summed E-state index contributed by atoms with van der Waals surface area (Å²) in [6, 6.07) is 12.8. The lowest BCUT2D eigenvalue weighted by molar-refractivity contribution is -0.116. The van der Waals surface area contributed by atoms with Crippen LogP contribution in [0.2, 0.25) is 0 Å². The lowest BCUT2D eigenvalue weighted by Crippen LogP contribution is -2.27. The molecule has 0 aliphatic rings. The van der Waals surface area contributed by atoms with Crippen LogP contribution in [-0.2, 0) is 11.3 Å². The van der Waals surface area contributed by atoms with E-state index in [1.54, 1.807) is 30.5 Å². The van der Waals surface area contributed by atoms with E-state index in [9.17, 15) is 14.4 Å². The average Bonchev–Trinajstić information content (AvgIpc) is 2.64. The number of carboxylic acid groups (broad SMARTS) is 1. The van der Waals surface area contributed by atoms with Crippen LogP contribution in [0.15, 0.2) is 59.5 Å². The number of hydrogen-bond acceptors (Lipinski definition) is 4. The Morgan fingerprint density at radius 2 is 1.82 bits per heavy atom. The summed E-state index contributed by atoms with van der Waals surface area (Å²) in [7, 11) is 0. The molecule has 0 unspecified atom stereocenters. The molecule has 2 aromatic carbocycles. The maximum Gasteiger partial charge on any atom is 0.335 e. The molecule has 1 heterocycles. The molecule has 3 rings (SSSR count). The highest BCUT2D eigenvalue weighted by Gasteiger charge is 2.10. The Kier molecular flexibility index (Phi) is 5.44. The Balaban J connectivity index is 1.76. The van der Waals surface area contributed by atoms with E-state index in [0.717, 1.165) is 5.39 Å². The van der Waals surface area contributed by atoms with E-state index in [2.05, 4.69) is 5.32 Å². The number of nitrogens with zero attached hydrogens (tertiary/aromatic N) is 1. The van der Waals surface area contributed by atoms with Gasteiger partial charge in [0.05, 0.1) is 11.7 Å². The number of aromatic carboxylic acids is 1. The van der Waals surface area contributed by atoms with Crippen LogP contribution in [0.5, 0.6) is 5.75 Å². The molecule has 0 spiro atoms. The fourth-order valence-corrected chi connectivity index (χ4v) is 2.79. The first-order valence-corrected chi connectivity index (χ1v) is 8.76. The van der Waals surface area contributed by atoms with Crippen LogP contribution in [0.4, 0.5) is 5.69 Å². The Hall–Kier alpha value is -3.61. The van der Waals surface area contributed by atoms with Gasteiger partial charge < -0.3 is 19.7 Å². The molecular weight excluding hydrogens is 360 g/mol. The number of fused-ring (bicyclic) bond motifs is 1. The second-order valence-electron chi connectivity index (χ2n) is 6.60. The van der Waals surface area contributed by atoms with E-state index in [1.807, 2.05) is 13.8 Å². The molecule has 2 N–H and O–H groups in total. The summed E-state index contributed by atoms with van der Waals surface area (Å²) in [5.41, 5.74) is 0.314. The lowest BCUT2D eigenvalue weighted by atomic mass is 10.1. The number of nitrogens with one attached hydrogen (secondary N) is 1. The maximum atomic E-state index is 12.6. The Bertz CT molecular complexity index is 1080. The van der Waals surface area contributed by atoms with E-state index in [0.29, 0.717) is 16.8 Å². The number of benzene rings is 2. The van der Waals surface area contributed by atoms with Crippen LogP contribution in [0.25, 0.3) is 10.8 Å². The molecule has 0 radical (unpaired) electrons. The van der Waals surface area contributed by atoms with Crippen molar-refractivity contribution in [1.82, 2.24) is 4.57 Å². The number of carboxylic acids is 1. The highest BCUT2D eigenvalue weighted by Crippen LogP contribution is 2.19. The second kappa shape index (κ2) is 7.96. The second-order valence-corrected chi connectivity index (χ2v) is 6.60. The highest BCUT2D eigenvalue weighted by molar-refractivity contribution is 5.92. The Morgan fingerprint density at radius 1 is 1.11 bits per heavy atom. The van der Waals surface area contributed by atoms with Crippen molar-refractivity contribution in [3.63, 3.8) is 0 Å². The minimum absolute atomic E-state index is 0.0334. The summed E-state index contributed by atoms with van der Waals surface area (Å²) < 4.78 is 6.96. The van der Waals surface area contributed by atoms with Crippen molar-refractivity contribution in [2.24, 2.45) is 0 Å². The van der Waals surface area contributed by atoms with Crippen molar-refractivity contribution >= 4 is 28.3 Å². The van der Waals surface area contributed by atoms with Gasteiger partial charge in [0.1, 0.15) is 12.3 Å². The van der Waals surface area contributed by atoms with Crippen LogP contribution in [0.3, 0.4) is 0 Å². The third-order valence-electron chi connectivity index (χ3n) is 4.05. The van der Waals surface area contributed by atoms with E-state index < -0.39 is 5.97 Å². The molecule has 144 valence electrons. The summed E-state index contributed by atoms with van der Waals surface area (Å²) >= 11 is 0. The fraction of sp³-hybridized carbons (Fsp3) is 0.190. The van der Waals surface area contributed by atoms with Gasteiger partial charge in [0.15, 0.2) is 0 Å². The number of amides is 1. The molecule has 0 atom stereocenters. The zero-order chi connectivity index (χ0) is 20.3. The van der Waals surface area contributed by atoms with Gasteiger partial charge in [0.2, 0.25) is 5.91 Å². The lowest BCUT2D eigenvalue weighted by Gasteiger charge is -2.11. The first kappa shape index (κ1) is 19.2. The van der Waals surface area contributed by atoms with Crippen LogP contribution in [0, 0.1) is 0 Å². The van der Waals surface area contributed by atoms with Gasteiger partial charge in [-0.1, -0.05) is 0 Å². The predicted octanol–water partition coefficient (Wildman–Crippen LogP) is 3.13. The van der Waals surface area contributed by atoms with Gasteiger partial charge >= 0.3 is 5.97 Å². The summed E-state index contributed by atoms with van der Waals surface area (Å²) in [6.45, 7) is 3.70. The minimum Gasteiger partial charge on any atom is -0.491 e. The van der Waals surface area contributed by atoms with Gasteiger partial charge in [-0.3, -0.25) is 9.59 Å². The van der Waals surface area contributed by atoms with Crippen LogP contribution < -0.4 is 15.6 Å². The molecule has 7 nitrogen and oxygen atoms in total. The van der Waals surface area contributed by atoms with E-state index in [4.69, 9.17) is 9.84 Å². The largest absolute Gasteiger partial charge is 0.491 e. The monoisotopic (exact) mass is 380 g/mol. The zero-order valence-corrected chi connectivity index (χ0v) is 15.5. The number of anilines is 1. The van der Waals surface area contributed by atoms with Gasteiger partial charge in [0, 0.05) is 17.3 Å². The van der Waals surface area contributed by atoms with Crippen molar-refractivity contribution in [2.75, 3.05) is 5.32 Å². The normalized spacial score (nSPS) is 10.8. The number of aromatic nitrogens is 1. The third kappa shape index (κ3) is 4.37. The molecule has 0 saturated carbocycles. The minimum atomic E-state index is -1.04. The van der Waals surface area contributed by atoms with Crippen molar-refractivity contribution in [3.05, 3.63) is 70.6 Å². The van der Waals surface area contributed by atoms with Gasteiger partial charge in [0.25, 0.3) is 5.56 Å². The van der Waals surface area contributed by atoms with Gasteiger partial charge in [-0.05, 0) is 67.8 Å². The molecule has 1 amide bonds. The fourth-order valence-electron chi connectivity index (χ4n) is 2.79. The van der Waals surface area contributed by atoms with E-state index in [1.165, 1.54) is 28.8 Å². The topological polar surface area (TPSA) is 97.6 Å². The first-order valence-electron chi connectivity index (χ1n) is 8.76. The van der Waals surface area contributed by atoms with Crippen LogP contribution >= 0.6 is 0 Å². The molecule has 28 heavy (non-hydrogen) atoms. The standard InChI is InChI=1S/C21H20N2O5/c1-13(2)28-17-7-8-18-15(11-17)9-10-23(20(18)25)12-19(24)22-16-5-3-14(4-6-16)21(26)27/h3-11,13H,12H2,1-2H3,(H,22,24)(H,26,27). The molecule has 1 aromatic heterocycles. The van der Waals surface area contributed by atoms with E-state index in [-0.39, 0.29) is 29.7 Å². The molecule has 3 aromatic rings. The molecule has 0 saturated heterocycles. The summed E-state index contributed by atoms with van der Waals surface area (Å²) in [5.74, 6) is -0.742. The number of carbonyl (C=O) groups is 2. The molecule has 7 heteroatoms. The van der Waals surface area contributed by atoms with Crippen LogP contribution in [-0.4, -0.2) is 27.7 Å². The Morgan fingerprint density at radius 3 is 2.46 bits per heavy atom. The van der Waals surface area contributed by atoms with Gasteiger partial charge in [-0.15, -0.1) is 0 Å². The van der Waals surface area contributed by atoms with E-state index >= 15 is 0 Å². The SMILES string of the molecule is CC(C)Oc1ccc2c(=O)n(CC(=O)Nc3ccc(C(=O)O)cc3)ccc2c1.